The van der Waals surface area contributed by atoms with Crippen LogP contribution in [0.2, 0.25) is 0 Å². The van der Waals surface area contributed by atoms with Crippen LogP contribution in [0.25, 0.3) is 22.2 Å². The molecule has 0 spiro atoms. The maximum atomic E-state index is 12.9. The van der Waals surface area contributed by atoms with Crippen LogP contribution < -0.4 is 10.6 Å². The first kappa shape index (κ1) is 25.0. The first-order valence-corrected chi connectivity index (χ1v) is 13.5. The van der Waals surface area contributed by atoms with E-state index in [4.69, 9.17) is 0 Å². The molecule has 182 valence electrons. The molecule has 0 saturated carbocycles. The monoisotopic (exact) mass is 506 g/mol. The van der Waals surface area contributed by atoms with Crippen molar-refractivity contribution < 1.29 is 9.59 Å². The van der Waals surface area contributed by atoms with Crippen molar-refractivity contribution in [1.29, 1.82) is 0 Å². The topological polar surface area (TPSA) is 76.0 Å². The molecule has 1 atom stereocenters. The van der Waals surface area contributed by atoms with E-state index in [-0.39, 0.29) is 18.4 Å². The quantitative estimate of drug-likeness (QED) is 0.270. The number of hydrogen-bond acceptors (Lipinski definition) is 5. The van der Waals surface area contributed by atoms with Crippen molar-refractivity contribution >= 4 is 51.1 Å². The molecule has 0 saturated heterocycles. The Morgan fingerprint density at radius 3 is 2.69 bits per heavy atom. The first-order chi connectivity index (χ1) is 16.9. The Hall–Kier alpha value is -3.10. The van der Waals surface area contributed by atoms with Crippen molar-refractivity contribution in [2.75, 3.05) is 11.9 Å². The minimum Gasteiger partial charge on any atom is -0.343 e. The third-order valence-corrected chi connectivity index (χ3v) is 7.48. The second-order valence-corrected chi connectivity index (χ2v) is 11.1. The van der Waals surface area contributed by atoms with Gasteiger partial charge in [0.1, 0.15) is 0 Å². The highest BCUT2D eigenvalue weighted by atomic mass is 32.2. The largest absolute Gasteiger partial charge is 0.343 e. The van der Waals surface area contributed by atoms with E-state index in [9.17, 15) is 9.59 Å². The van der Waals surface area contributed by atoms with Gasteiger partial charge in [0.05, 0.1) is 23.3 Å². The number of nitrogens with zero attached hydrogens (tertiary/aromatic N) is 2. The van der Waals surface area contributed by atoms with E-state index in [1.807, 2.05) is 51.9 Å². The summed E-state index contributed by atoms with van der Waals surface area (Å²) in [6.45, 7) is 8.47. The number of anilines is 1. The molecule has 0 aliphatic carbocycles. The molecule has 2 aromatic heterocycles. The zero-order valence-electron chi connectivity index (χ0n) is 20.4. The lowest BCUT2D eigenvalue weighted by Crippen LogP contribution is -2.32. The molecule has 8 heteroatoms. The average molecular weight is 507 g/mol. The standard InChI is InChI=1S/C27H30N4O2S2/c1-5-18(4)19-9-8-10-20(13-19)23-16-34-27(29-23)30-25(32)14-28-26(33)22-15-31(35-17(2)3)24-12-7-6-11-21(22)24/h6-13,15-18H,5,14H2,1-4H3,(H,28,33)(H,29,30,32). The van der Waals surface area contributed by atoms with E-state index in [0.29, 0.717) is 21.9 Å². The minimum absolute atomic E-state index is 0.131. The van der Waals surface area contributed by atoms with Crippen LogP contribution in [-0.4, -0.2) is 32.6 Å². The summed E-state index contributed by atoms with van der Waals surface area (Å²) in [5, 5.41) is 9.23. The summed E-state index contributed by atoms with van der Waals surface area (Å²) in [6, 6.07) is 16.1. The van der Waals surface area contributed by atoms with Gasteiger partial charge in [0.25, 0.3) is 5.91 Å². The van der Waals surface area contributed by atoms with Gasteiger partial charge in [-0.1, -0.05) is 64.1 Å². The van der Waals surface area contributed by atoms with Crippen molar-refractivity contribution in [3.8, 4) is 11.3 Å². The van der Waals surface area contributed by atoms with Crippen LogP contribution in [0.1, 0.15) is 56.0 Å². The lowest BCUT2D eigenvalue weighted by molar-refractivity contribution is -0.115. The minimum atomic E-state index is -0.312. The third kappa shape index (κ3) is 5.94. The maximum absolute atomic E-state index is 12.9. The van der Waals surface area contributed by atoms with Gasteiger partial charge in [0, 0.05) is 27.8 Å². The number of carbonyl (C=O) groups is 2. The molecular weight excluding hydrogens is 476 g/mol. The van der Waals surface area contributed by atoms with E-state index in [1.165, 1.54) is 16.9 Å². The van der Waals surface area contributed by atoms with Crippen molar-refractivity contribution in [3.05, 3.63) is 71.2 Å². The number of fused-ring (bicyclic) bond motifs is 1. The summed E-state index contributed by atoms with van der Waals surface area (Å²) in [6.07, 6.45) is 2.91. The van der Waals surface area contributed by atoms with E-state index in [1.54, 1.807) is 11.9 Å². The predicted molar refractivity (Wildman–Crippen MR) is 147 cm³/mol. The van der Waals surface area contributed by atoms with Gasteiger partial charge in [-0.25, -0.2) is 4.98 Å². The highest BCUT2D eigenvalue weighted by Crippen LogP contribution is 2.29. The SMILES string of the molecule is CCC(C)c1cccc(-c2csc(NC(=O)CNC(=O)c3cn(SC(C)C)c4ccccc34)n2)c1. The second-order valence-electron chi connectivity index (χ2n) is 8.74. The smallest absolute Gasteiger partial charge is 0.253 e. The Kier molecular flexibility index (Phi) is 7.93. The molecule has 0 fully saturated rings. The van der Waals surface area contributed by atoms with Gasteiger partial charge in [0.2, 0.25) is 5.91 Å². The Bertz CT molecular complexity index is 1340. The van der Waals surface area contributed by atoms with Crippen LogP contribution in [0.15, 0.2) is 60.1 Å². The molecule has 6 nitrogen and oxygen atoms in total. The molecule has 2 amide bonds. The lowest BCUT2D eigenvalue weighted by Gasteiger charge is -2.09. The zero-order valence-corrected chi connectivity index (χ0v) is 22.0. The summed E-state index contributed by atoms with van der Waals surface area (Å²) in [4.78, 5) is 30.0. The lowest BCUT2D eigenvalue weighted by atomic mass is 9.96. The fraction of sp³-hybridized carbons (Fsp3) is 0.296. The molecule has 2 N–H and O–H groups in total. The summed E-state index contributed by atoms with van der Waals surface area (Å²) in [5.74, 6) is -0.108. The van der Waals surface area contributed by atoms with Crippen LogP contribution in [0.3, 0.4) is 0 Å². The van der Waals surface area contributed by atoms with Crippen LogP contribution in [-0.2, 0) is 4.79 Å². The third-order valence-electron chi connectivity index (χ3n) is 5.77. The van der Waals surface area contributed by atoms with Crippen molar-refractivity contribution in [1.82, 2.24) is 14.3 Å². The fourth-order valence-corrected chi connectivity index (χ4v) is 5.40. The Labute approximate surface area is 214 Å². The number of aromatic nitrogens is 2. The number of nitrogens with one attached hydrogen (secondary N) is 2. The van der Waals surface area contributed by atoms with Crippen LogP contribution in [0.4, 0.5) is 5.13 Å². The van der Waals surface area contributed by atoms with Gasteiger partial charge in [-0.2, -0.15) is 0 Å². The van der Waals surface area contributed by atoms with Gasteiger partial charge < -0.3 is 10.6 Å². The highest BCUT2D eigenvalue weighted by molar-refractivity contribution is 7.98. The van der Waals surface area contributed by atoms with E-state index in [0.717, 1.165) is 28.6 Å². The van der Waals surface area contributed by atoms with Gasteiger partial charge in [-0.15, -0.1) is 11.3 Å². The Morgan fingerprint density at radius 1 is 1.11 bits per heavy atom. The van der Waals surface area contributed by atoms with E-state index < -0.39 is 0 Å². The molecule has 1 unspecified atom stereocenters. The summed E-state index contributed by atoms with van der Waals surface area (Å²) in [7, 11) is 0. The maximum Gasteiger partial charge on any atom is 0.253 e. The second kappa shape index (κ2) is 11.1. The zero-order chi connectivity index (χ0) is 24.9. The number of hydrogen-bond donors (Lipinski definition) is 2. The molecular formula is C27H30N4O2S2. The van der Waals surface area contributed by atoms with Gasteiger partial charge >= 0.3 is 0 Å². The molecule has 0 bridgehead atoms. The molecule has 0 aliphatic heterocycles. The van der Waals surface area contributed by atoms with E-state index in [2.05, 4.69) is 55.4 Å². The Balaban J connectivity index is 1.39. The van der Waals surface area contributed by atoms with Crippen LogP contribution in [0, 0.1) is 0 Å². The molecule has 0 radical (unpaired) electrons. The van der Waals surface area contributed by atoms with Crippen molar-refractivity contribution in [2.24, 2.45) is 0 Å². The summed E-state index contributed by atoms with van der Waals surface area (Å²) >= 11 is 3.02. The molecule has 4 rings (SSSR count). The van der Waals surface area contributed by atoms with E-state index >= 15 is 0 Å². The number of amides is 2. The van der Waals surface area contributed by atoms with Gasteiger partial charge in [-0.05, 0) is 42.0 Å². The van der Waals surface area contributed by atoms with Gasteiger partial charge in [0.15, 0.2) is 5.13 Å². The molecule has 2 heterocycles. The Morgan fingerprint density at radius 2 is 1.91 bits per heavy atom. The highest BCUT2D eigenvalue weighted by Gasteiger charge is 2.17. The number of rotatable bonds is 9. The number of carbonyl (C=O) groups excluding carboxylic acids is 2. The number of para-hydroxylation sites is 1. The van der Waals surface area contributed by atoms with Crippen LogP contribution >= 0.6 is 23.3 Å². The molecule has 4 aromatic rings. The van der Waals surface area contributed by atoms with Crippen LogP contribution in [0.5, 0.6) is 0 Å². The molecule has 35 heavy (non-hydrogen) atoms. The van der Waals surface area contributed by atoms with Crippen molar-refractivity contribution in [3.63, 3.8) is 0 Å². The molecule has 2 aromatic carbocycles. The molecule has 0 aliphatic rings. The van der Waals surface area contributed by atoms with Gasteiger partial charge in [-0.3, -0.25) is 13.6 Å². The summed E-state index contributed by atoms with van der Waals surface area (Å²) in [5.41, 5.74) is 4.67. The summed E-state index contributed by atoms with van der Waals surface area (Å²) < 4.78 is 2.02. The normalized spacial score (nSPS) is 12.1. The number of benzene rings is 2. The predicted octanol–water partition coefficient (Wildman–Crippen LogP) is 6.55. The fourth-order valence-electron chi connectivity index (χ4n) is 3.77. The average Bonchev–Trinajstić information content (AvgIpc) is 3.47. The number of thiazole rings is 1. The van der Waals surface area contributed by atoms with Crippen molar-refractivity contribution in [2.45, 2.75) is 45.3 Å². The first-order valence-electron chi connectivity index (χ1n) is 11.8.